The Hall–Kier alpha value is -1.56. The summed E-state index contributed by atoms with van der Waals surface area (Å²) in [5.41, 5.74) is 0. The van der Waals surface area contributed by atoms with E-state index in [1.807, 2.05) is 26.0 Å². The molecule has 1 rings (SSSR count). The zero-order chi connectivity index (χ0) is 15.0. The number of carbonyl (C=O) groups excluding carboxylic acids is 2. The van der Waals surface area contributed by atoms with Gasteiger partial charge in [0.2, 0.25) is 5.91 Å². The molecule has 1 amide bonds. The van der Waals surface area contributed by atoms with Crippen molar-refractivity contribution in [3.63, 3.8) is 0 Å². The van der Waals surface area contributed by atoms with E-state index in [9.17, 15) is 9.59 Å². The molecule has 6 heteroatoms. The molecule has 0 fully saturated rings. The van der Waals surface area contributed by atoms with Crippen LogP contribution in [0.4, 0.5) is 0 Å². The molecule has 0 N–H and O–H groups in total. The summed E-state index contributed by atoms with van der Waals surface area (Å²) >= 11 is 1.43. The van der Waals surface area contributed by atoms with Gasteiger partial charge in [0.1, 0.15) is 6.54 Å². The van der Waals surface area contributed by atoms with E-state index < -0.39 is 0 Å². The first-order chi connectivity index (χ1) is 9.54. The SMILES string of the molecule is CCOC(=O)CN(C(=O)CSc1ccncc1)C(C)C. The molecule has 0 aliphatic heterocycles. The lowest BCUT2D eigenvalue weighted by atomic mass is 10.3. The maximum atomic E-state index is 12.2. The molecule has 1 heterocycles. The minimum absolute atomic E-state index is 0.00124. The molecule has 0 aliphatic rings. The second-order valence-corrected chi connectivity index (χ2v) is 5.44. The van der Waals surface area contributed by atoms with Crippen LogP contribution in [0.3, 0.4) is 0 Å². The van der Waals surface area contributed by atoms with Crippen molar-refractivity contribution < 1.29 is 14.3 Å². The quantitative estimate of drug-likeness (QED) is 0.569. The van der Waals surface area contributed by atoms with E-state index in [0.717, 1.165) is 4.90 Å². The lowest BCUT2D eigenvalue weighted by Crippen LogP contribution is -2.42. The number of ether oxygens (including phenoxy) is 1. The van der Waals surface area contributed by atoms with Gasteiger partial charge in [0, 0.05) is 23.3 Å². The summed E-state index contributed by atoms with van der Waals surface area (Å²) in [6.45, 7) is 5.84. The van der Waals surface area contributed by atoms with Gasteiger partial charge in [-0.25, -0.2) is 0 Å². The van der Waals surface area contributed by atoms with E-state index in [1.54, 1.807) is 19.3 Å². The Morgan fingerprint density at radius 2 is 2.00 bits per heavy atom. The fraction of sp³-hybridized carbons (Fsp3) is 0.500. The number of thioether (sulfide) groups is 1. The fourth-order valence-corrected chi connectivity index (χ4v) is 2.34. The number of esters is 1. The predicted octanol–water partition coefficient (Wildman–Crippen LogP) is 1.97. The number of amides is 1. The van der Waals surface area contributed by atoms with Gasteiger partial charge in [-0.05, 0) is 32.9 Å². The van der Waals surface area contributed by atoms with Gasteiger partial charge in [0.15, 0.2) is 0 Å². The Labute approximate surface area is 123 Å². The lowest BCUT2D eigenvalue weighted by molar-refractivity contribution is -0.149. The highest BCUT2D eigenvalue weighted by Gasteiger charge is 2.20. The standard InChI is InChI=1S/C14H20N2O3S/c1-4-19-14(18)9-16(11(2)3)13(17)10-20-12-5-7-15-8-6-12/h5-8,11H,4,9-10H2,1-3H3. The van der Waals surface area contributed by atoms with Crippen LogP contribution in [-0.2, 0) is 14.3 Å². The minimum atomic E-state index is -0.372. The number of hydrogen-bond donors (Lipinski definition) is 0. The van der Waals surface area contributed by atoms with E-state index in [4.69, 9.17) is 4.74 Å². The summed E-state index contributed by atoms with van der Waals surface area (Å²) in [5, 5.41) is 0. The highest BCUT2D eigenvalue weighted by molar-refractivity contribution is 8.00. The largest absolute Gasteiger partial charge is 0.465 e. The summed E-state index contributed by atoms with van der Waals surface area (Å²) < 4.78 is 4.89. The second-order valence-electron chi connectivity index (χ2n) is 4.39. The van der Waals surface area contributed by atoms with E-state index in [0.29, 0.717) is 12.4 Å². The van der Waals surface area contributed by atoms with Crippen molar-refractivity contribution in [1.29, 1.82) is 0 Å². The van der Waals surface area contributed by atoms with Gasteiger partial charge in [-0.3, -0.25) is 14.6 Å². The first-order valence-electron chi connectivity index (χ1n) is 6.52. The van der Waals surface area contributed by atoms with Gasteiger partial charge in [-0.2, -0.15) is 0 Å². The van der Waals surface area contributed by atoms with Gasteiger partial charge < -0.3 is 9.64 Å². The molecule has 0 bridgehead atoms. The summed E-state index contributed by atoms with van der Waals surface area (Å²) in [5.74, 6) is -0.153. The van der Waals surface area contributed by atoms with Crippen LogP contribution in [0, 0.1) is 0 Å². The lowest BCUT2D eigenvalue weighted by Gasteiger charge is -2.25. The monoisotopic (exact) mass is 296 g/mol. The first-order valence-corrected chi connectivity index (χ1v) is 7.51. The maximum absolute atomic E-state index is 12.2. The number of hydrogen-bond acceptors (Lipinski definition) is 5. The Kier molecular flexibility index (Phi) is 7.08. The van der Waals surface area contributed by atoms with Crippen molar-refractivity contribution in [1.82, 2.24) is 9.88 Å². The molecule has 5 nitrogen and oxygen atoms in total. The molecule has 0 aliphatic carbocycles. The molecule has 0 aromatic carbocycles. The number of aromatic nitrogens is 1. The number of nitrogens with zero attached hydrogens (tertiary/aromatic N) is 2. The van der Waals surface area contributed by atoms with Crippen molar-refractivity contribution in [3.05, 3.63) is 24.5 Å². The molecule has 0 saturated heterocycles. The van der Waals surface area contributed by atoms with Crippen LogP contribution >= 0.6 is 11.8 Å². The Balaban J connectivity index is 2.54. The molecule has 110 valence electrons. The number of pyridine rings is 1. The van der Waals surface area contributed by atoms with Crippen molar-refractivity contribution in [2.45, 2.75) is 31.7 Å². The Bertz CT molecular complexity index is 437. The zero-order valence-electron chi connectivity index (χ0n) is 12.0. The van der Waals surface area contributed by atoms with Crippen LogP contribution in [0.5, 0.6) is 0 Å². The van der Waals surface area contributed by atoms with Gasteiger partial charge in [-0.15, -0.1) is 11.8 Å². The third-order valence-corrected chi connectivity index (χ3v) is 3.56. The molecule has 1 aromatic rings. The summed E-state index contributed by atoms with van der Waals surface area (Å²) in [6.07, 6.45) is 3.37. The normalized spacial score (nSPS) is 10.4. The van der Waals surface area contributed by atoms with Crippen molar-refractivity contribution in [3.8, 4) is 0 Å². The fourth-order valence-electron chi connectivity index (χ4n) is 1.57. The summed E-state index contributed by atoms with van der Waals surface area (Å²) in [6, 6.07) is 3.66. The third kappa shape index (κ3) is 5.61. The van der Waals surface area contributed by atoms with E-state index in [-0.39, 0.29) is 24.5 Å². The molecule has 0 radical (unpaired) electrons. The van der Waals surface area contributed by atoms with Crippen LogP contribution in [0.1, 0.15) is 20.8 Å². The summed E-state index contributed by atoms with van der Waals surface area (Å²) in [7, 11) is 0. The smallest absolute Gasteiger partial charge is 0.325 e. The van der Waals surface area contributed by atoms with Gasteiger partial charge >= 0.3 is 5.97 Å². The molecular formula is C14H20N2O3S. The minimum Gasteiger partial charge on any atom is -0.465 e. The van der Waals surface area contributed by atoms with Crippen LogP contribution in [-0.4, -0.2) is 46.7 Å². The highest BCUT2D eigenvalue weighted by Crippen LogP contribution is 2.17. The molecule has 1 aromatic heterocycles. The van der Waals surface area contributed by atoms with Gasteiger partial charge in [0.05, 0.1) is 12.4 Å². The molecule has 0 unspecified atom stereocenters. The topological polar surface area (TPSA) is 59.5 Å². The molecular weight excluding hydrogens is 276 g/mol. The average molecular weight is 296 g/mol. The molecule has 0 atom stereocenters. The van der Waals surface area contributed by atoms with E-state index in [1.165, 1.54) is 16.7 Å². The maximum Gasteiger partial charge on any atom is 0.325 e. The number of carbonyl (C=O) groups is 2. The predicted molar refractivity (Wildman–Crippen MR) is 78.4 cm³/mol. The van der Waals surface area contributed by atoms with Crippen LogP contribution in [0.2, 0.25) is 0 Å². The second kappa shape index (κ2) is 8.58. The third-order valence-electron chi connectivity index (χ3n) is 2.56. The highest BCUT2D eigenvalue weighted by atomic mass is 32.2. The van der Waals surface area contributed by atoms with Crippen molar-refractivity contribution in [2.24, 2.45) is 0 Å². The summed E-state index contributed by atoms with van der Waals surface area (Å²) in [4.78, 5) is 30.1. The Morgan fingerprint density at radius 3 is 2.55 bits per heavy atom. The molecule has 0 spiro atoms. The number of rotatable bonds is 7. The van der Waals surface area contributed by atoms with E-state index >= 15 is 0 Å². The van der Waals surface area contributed by atoms with Crippen LogP contribution in [0.25, 0.3) is 0 Å². The average Bonchev–Trinajstić information content (AvgIpc) is 2.43. The molecule has 20 heavy (non-hydrogen) atoms. The van der Waals surface area contributed by atoms with Crippen molar-refractivity contribution >= 4 is 23.6 Å². The van der Waals surface area contributed by atoms with Crippen LogP contribution in [0.15, 0.2) is 29.4 Å². The van der Waals surface area contributed by atoms with Gasteiger partial charge in [-0.1, -0.05) is 0 Å². The Morgan fingerprint density at radius 1 is 1.35 bits per heavy atom. The molecule has 0 saturated carbocycles. The zero-order valence-corrected chi connectivity index (χ0v) is 12.9. The van der Waals surface area contributed by atoms with Gasteiger partial charge in [0.25, 0.3) is 0 Å². The first kappa shape index (κ1) is 16.5. The van der Waals surface area contributed by atoms with E-state index in [2.05, 4.69) is 4.98 Å². The van der Waals surface area contributed by atoms with Crippen LogP contribution < -0.4 is 0 Å². The van der Waals surface area contributed by atoms with Crippen molar-refractivity contribution in [2.75, 3.05) is 18.9 Å².